The lowest BCUT2D eigenvalue weighted by Gasteiger charge is -2.44. The first-order valence-corrected chi connectivity index (χ1v) is 16.2. The molecule has 6 nitrogen and oxygen atoms in total. The second kappa shape index (κ2) is 11.7. The molecule has 3 atom stereocenters. The number of ether oxygens (including phenoxy) is 2. The summed E-state index contributed by atoms with van der Waals surface area (Å²) in [5.41, 5.74) is -0.00948. The largest absolute Gasteiger partial charge is 0.450 e. The van der Waals surface area contributed by atoms with E-state index in [0.717, 1.165) is 5.56 Å². The maximum atomic E-state index is 13.8. The third kappa shape index (κ3) is 5.74. The average molecular weight is 570 g/mol. The molecule has 2 heterocycles. The Balaban J connectivity index is 1.47. The molecule has 0 aliphatic carbocycles. The third-order valence-corrected chi connectivity index (χ3v) is 13.4. The molecule has 3 aromatic rings. The van der Waals surface area contributed by atoms with Gasteiger partial charge in [-0.05, 0) is 46.8 Å². The van der Waals surface area contributed by atoms with Gasteiger partial charge in [0, 0.05) is 6.08 Å². The van der Waals surface area contributed by atoms with Crippen LogP contribution in [0.4, 0.5) is 4.79 Å². The van der Waals surface area contributed by atoms with Gasteiger partial charge >= 0.3 is 12.1 Å². The molecule has 5 rings (SSSR count). The van der Waals surface area contributed by atoms with Crippen molar-refractivity contribution in [3.05, 3.63) is 109 Å². The highest BCUT2D eigenvalue weighted by molar-refractivity contribution is 6.99. The van der Waals surface area contributed by atoms with Crippen LogP contribution < -0.4 is 10.4 Å². The van der Waals surface area contributed by atoms with Gasteiger partial charge in [-0.2, -0.15) is 0 Å². The summed E-state index contributed by atoms with van der Waals surface area (Å²) in [5.74, 6) is -0.392. The Hall–Kier alpha value is -3.68. The van der Waals surface area contributed by atoms with Crippen molar-refractivity contribution in [1.82, 2.24) is 4.90 Å². The van der Waals surface area contributed by atoms with E-state index in [0.29, 0.717) is 19.4 Å². The zero-order valence-corrected chi connectivity index (χ0v) is 25.3. The molecular weight excluding hydrogens is 530 g/mol. The number of hydrogen-bond acceptors (Lipinski definition) is 5. The van der Waals surface area contributed by atoms with Crippen LogP contribution in [-0.2, 0) is 25.3 Å². The molecule has 0 saturated carbocycles. The maximum Gasteiger partial charge on any atom is 0.410 e. The minimum atomic E-state index is -2.81. The Kier molecular flexibility index (Phi) is 8.20. The van der Waals surface area contributed by atoms with Gasteiger partial charge in [0.1, 0.15) is 12.2 Å². The molecule has 0 N–H and O–H groups in total. The Morgan fingerprint density at radius 2 is 1.49 bits per heavy atom. The SMILES string of the molecule is CC(C)(C)[Si](OC[C@@H]1CC[C@@H]([C@@]2(C)C=CC(=O)O2)N1C(=O)OCc1ccccc1)(c1ccccc1)c1ccccc1. The number of benzene rings is 3. The molecule has 1 saturated heterocycles. The summed E-state index contributed by atoms with van der Waals surface area (Å²) in [5, 5.41) is 2.18. The van der Waals surface area contributed by atoms with Crippen molar-refractivity contribution in [2.75, 3.05) is 6.61 Å². The van der Waals surface area contributed by atoms with Crippen molar-refractivity contribution >= 4 is 30.8 Å². The Morgan fingerprint density at radius 3 is 2.00 bits per heavy atom. The predicted molar refractivity (Wildman–Crippen MR) is 162 cm³/mol. The van der Waals surface area contributed by atoms with Crippen molar-refractivity contribution in [2.24, 2.45) is 0 Å². The number of hydrogen-bond donors (Lipinski definition) is 0. The number of nitrogens with zero attached hydrogens (tertiary/aromatic N) is 1. The average Bonchev–Trinajstić information content (AvgIpc) is 3.56. The van der Waals surface area contributed by atoms with Gasteiger partial charge in [-0.25, -0.2) is 9.59 Å². The number of carbonyl (C=O) groups excluding carboxylic acids is 2. The molecule has 2 aliphatic heterocycles. The summed E-state index contributed by atoms with van der Waals surface area (Å²) >= 11 is 0. The van der Waals surface area contributed by atoms with E-state index in [9.17, 15) is 9.59 Å². The van der Waals surface area contributed by atoms with Gasteiger partial charge in [-0.3, -0.25) is 4.90 Å². The second-order valence-corrected chi connectivity index (χ2v) is 16.4. The van der Waals surface area contributed by atoms with Crippen LogP contribution in [0.5, 0.6) is 0 Å². The first-order valence-electron chi connectivity index (χ1n) is 14.3. The van der Waals surface area contributed by atoms with Gasteiger partial charge in [-0.15, -0.1) is 0 Å². The normalized spacial score (nSPS) is 22.5. The Labute approximate surface area is 244 Å². The summed E-state index contributed by atoms with van der Waals surface area (Å²) in [6.45, 7) is 9.10. The molecule has 3 aromatic carbocycles. The quantitative estimate of drug-likeness (QED) is 0.261. The van der Waals surface area contributed by atoms with E-state index >= 15 is 0 Å². The van der Waals surface area contributed by atoms with Crippen molar-refractivity contribution in [3.8, 4) is 0 Å². The smallest absolute Gasteiger partial charge is 0.410 e. The second-order valence-electron chi connectivity index (χ2n) is 12.1. The lowest BCUT2D eigenvalue weighted by molar-refractivity contribution is -0.148. The van der Waals surface area contributed by atoms with Gasteiger partial charge in [-0.1, -0.05) is 112 Å². The van der Waals surface area contributed by atoms with E-state index in [1.54, 1.807) is 11.0 Å². The predicted octanol–water partition coefficient (Wildman–Crippen LogP) is 5.60. The van der Waals surface area contributed by atoms with Crippen LogP contribution in [0.3, 0.4) is 0 Å². The van der Waals surface area contributed by atoms with Gasteiger partial charge < -0.3 is 13.9 Å². The number of esters is 1. The number of rotatable bonds is 8. The molecule has 0 bridgehead atoms. The molecule has 0 spiro atoms. The summed E-state index contributed by atoms with van der Waals surface area (Å²) < 4.78 is 18.8. The number of cyclic esters (lactones) is 1. The summed E-state index contributed by atoms with van der Waals surface area (Å²) in [6, 6.07) is 30.0. The topological polar surface area (TPSA) is 65.1 Å². The van der Waals surface area contributed by atoms with E-state index in [4.69, 9.17) is 13.9 Å². The van der Waals surface area contributed by atoms with Crippen LogP contribution in [0, 0.1) is 0 Å². The molecule has 7 heteroatoms. The Morgan fingerprint density at radius 1 is 0.927 bits per heavy atom. The zero-order chi connectivity index (χ0) is 29.1. The van der Waals surface area contributed by atoms with Crippen LogP contribution in [0.25, 0.3) is 0 Å². The standard InChI is InChI=1S/C34H39NO5Si/c1-33(2,3)41(28-16-10-6-11-17-28,29-18-12-7-13-19-29)39-25-27-20-21-30(34(4)23-22-31(36)40-34)35(27)32(37)38-24-26-14-8-5-9-15-26/h5-19,22-23,27,30H,20-21,24-25H2,1-4H3/t27-,30-,34+/m0/s1. The molecule has 41 heavy (non-hydrogen) atoms. The minimum absolute atomic E-state index is 0.164. The molecule has 214 valence electrons. The van der Waals surface area contributed by atoms with Crippen molar-refractivity contribution in [2.45, 2.75) is 69.9 Å². The van der Waals surface area contributed by atoms with Crippen LogP contribution >= 0.6 is 0 Å². The fourth-order valence-corrected chi connectivity index (χ4v) is 11.0. The molecule has 2 aliphatic rings. The monoisotopic (exact) mass is 569 g/mol. The van der Waals surface area contributed by atoms with Crippen LogP contribution in [0.1, 0.15) is 46.1 Å². The van der Waals surface area contributed by atoms with E-state index in [-0.39, 0.29) is 23.7 Å². The molecule has 1 amide bonds. The lowest BCUT2D eigenvalue weighted by Crippen LogP contribution is -2.67. The first kappa shape index (κ1) is 28.8. The van der Waals surface area contributed by atoms with Crippen LogP contribution in [-0.4, -0.2) is 49.6 Å². The molecular formula is C34H39NO5Si. The fourth-order valence-electron chi connectivity index (χ4n) is 6.36. The van der Waals surface area contributed by atoms with Crippen molar-refractivity contribution in [1.29, 1.82) is 0 Å². The highest BCUT2D eigenvalue weighted by Crippen LogP contribution is 2.40. The highest BCUT2D eigenvalue weighted by Gasteiger charge is 2.53. The molecule has 0 unspecified atom stereocenters. The van der Waals surface area contributed by atoms with Gasteiger partial charge in [0.2, 0.25) is 0 Å². The molecule has 0 aromatic heterocycles. The van der Waals surface area contributed by atoms with Crippen LogP contribution in [0.15, 0.2) is 103 Å². The van der Waals surface area contributed by atoms with Gasteiger partial charge in [0.05, 0.1) is 18.7 Å². The number of likely N-dealkylation sites (tertiary alicyclic amines) is 1. The summed E-state index contributed by atoms with van der Waals surface area (Å²) in [4.78, 5) is 27.6. The Bertz CT molecular complexity index is 1330. The van der Waals surface area contributed by atoms with Crippen molar-refractivity contribution < 1.29 is 23.5 Å². The molecule has 1 fully saturated rings. The first-order chi connectivity index (χ1) is 19.6. The number of amides is 1. The fraction of sp³-hybridized carbons (Fsp3) is 0.353. The highest BCUT2D eigenvalue weighted by atomic mass is 28.4. The molecule has 0 radical (unpaired) electrons. The van der Waals surface area contributed by atoms with E-state index in [1.807, 2.05) is 49.4 Å². The maximum absolute atomic E-state index is 13.8. The lowest BCUT2D eigenvalue weighted by atomic mass is 9.95. The number of carbonyl (C=O) groups is 2. The third-order valence-electron chi connectivity index (χ3n) is 8.36. The van der Waals surface area contributed by atoms with E-state index < -0.39 is 26.0 Å². The minimum Gasteiger partial charge on any atom is -0.450 e. The summed E-state index contributed by atoms with van der Waals surface area (Å²) in [6.07, 6.45) is 4.17. The van der Waals surface area contributed by atoms with Gasteiger partial charge in [0.15, 0.2) is 0 Å². The van der Waals surface area contributed by atoms with Crippen molar-refractivity contribution in [3.63, 3.8) is 0 Å². The zero-order valence-electron chi connectivity index (χ0n) is 24.3. The van der Waals surface area contributed by atoms with Gasteiger partial charge in [0.25, 0.3) is 8.32 Å². The van der Waals surface area contributed by atoms with E-state index in [2.05, 4.69) is 69.3 Å². The summed E-state index contributed by atoms with van der Waals surface area (Å²) in [7, 11) is -2.81. The van der Waals surface area contributed by atoms with E-state index in [1.165, 1.54) is 16.4 Å². The van der Waals surface area contributed by atoms with Crippen LogP contribution in [0.2, 0.25) is 5.04 Å².